The molecular formula is C13H17ClN2O4. The van der Waals surface area contributed by atoms with Gasteiger partial charge in [0.25, 0.3) is 0 Å². The summed E-state index contributed by atoms with van der Waals surface area (Å²) in [5.74, 6) is -0.610. The molecule has 0 aliphatic carbocycles. The molecule has 0 saturated heterocycles. The van der Waals surface area contributed by atoms with Gasteiger partial charge in [0.15, 0.2) is 0 Å². The van der Waals surface area contributed by atoms with E-state index < -0.39 is 12.0 Å². The smallest absolute Gasteiger partial charge is 0.323 e. The summed E-state index contributed by atoms with van der Waals surface area (Å²) in [6, 6.07) is 4.30. The van der Waals surface area contributed by atoms with Crippen LogP contribution in [-0.2, 0) is 4.79 Å². The number of benzene rings is 1. The average Bonchev–Trinajstić information content (AvgIpc) is 2.38. The van der Waals surface area contributed by atoms with Crippen LogP contribution < -0.4 is 10.1 Å². The van der Waals surface area contributed by atoms with Gasteiger partial charge in [0.1, 0.15) is 12.3 Å². The number of halogens is 1. The Bertz CT molecular complexity index is 493. The molecule has 1 aromatic carbocycles. The molecule has 0 heterocycles. The van der Waals surface area contributed by atoms with Gasteiger partial charge >= 0.3 is 12.0 Å². The first-order valence-corrected chi connectivity index (χ1v) is 6.47. The van der Waals surface area contributed by atoms with Crippen LogP contribution in [0, 0.1) is 0 Å². The van der Waals surface area contributed by atoms with Gasteiger partial charge in [0.05, 0.1) is 12.8 Å². The van der Waals surface area contributed by atoms with E-state index in [1.165, 1.54) is 12.0 Å². The van der Waals surface area contributed by atoms with Crippen molar-refractivity contribution in [1.82, 2.24) is 4.90 Å². The van der Waals surface area contributed by atoms with Crippen molar-refractivity contribution in [3.05, 3.63) is 23.2 Å². The highest BCUT2D eigenvalue weighted by Gasteiger charge is 2.17. The van der Waals surface area contributed by atoms with Crippen molar-refractivity contribution in [2.24, 2.45) is 0 Å². The number of carbonyl (C=O) groups excluding carboxylic acids is 1. The van der Waals surface area contributed by atoms with Gasteiger partial charge in [0, 0.05) is 11.6 Å². The minimum absolute atomic E-state index is 0.348. The minimum atomic E-state index is -1.06. The maximum absolute atomic E-state index is 12.1. The second-order valence-corrected chi connectivity index (χ2v) is 4.53. The molecule has 110 valence electrons. The molecule has 1 aromatic rings. The molecule has 0 bridgehead atoms. The van der Waals surface area contributed by atoms with E-state index in [2.05, 4.69) is 5.32 Å². The fourth-order valence-electron chi connectivity index (χ4n) is 1.66. The van der Waals surface area contributed by atoms with Crippen LogP contribution in [0.15, 0.2) is 18.2 Å². The molecule has 2 amide bonds. The number of carboxylic acid groups (broad SMARTS) is 1. The van der Waals surface area contributed by atoms with Gasteiger partial charge in [-0.1, -0.05) is 18.5 Å². The fraction of sp³-hybridized carbons (Fsp3) is 0.385. The number of carbonyl (C=O) groups is 2. The predicted octanol–water partition coefficient (Wildman–Crippen LogP) is 2.68. The molecular weight excluding hydrogens is 284 g/mol. The van der Waals surface area contributed by atoms with Crippen LogP contribution in [0.5, 0.6) is 5.75 Å². The largest absolute Gasteiger partial charge is 0.495 e. The topological polar surface area (TPSA) is 78.9 Å². The van der Waals surface area contributed by atoms with Gasteiger partial charge in [-0.25, -0.2) is 4.79 Å². The monoisotopic (exact) mass is 300 g/mol. The molecule has 1 rings (SSSR count). The van der Waals surface area contributed by atoms with E-state index in [-0.39, 0.29) is 6.54 Å². The Morgan fingerprint density at radius 2 is 2.15 bits per heavy atom. The van der Waals surface area contributed by atoms with E-state index in [1.54, 1.807) is 18.2 Å². The molecule has 0 atom stereocenters. The normalized spacial score (nSPS) is 9.95. The number of carboxylic acids is 1. The third kappa shape index (κ3) is 4.62. The lowest BCUT2D eigenvalue weighted by atomic mass is 10.3. The number of ether oxygens (including phenoxy) is 1. The van der Waals surface area contributed by atoms with E-state index >= 15 is 0 Å². The second-order valence-electron chi connectivity index (χ2n) is 4.09. The Morgan fingerprint density at radius 1 is 1.45 bits per heavy atom. The van der Waals surface area contributed by atoms with Crippen LogP contribution >= 0.6 is 11.6 Å². The van der Waals surface area contributed by atoms with Crippen molar-refractivity contribution >= 4 is 29.3 Å². The summed E-state index contributed by atoms with van der Waals surface area (Å²) < 4.78 is 5.11. The molecule has 0 aliphatic rings. The SMILES string of the molecule is CCCN(CC(=O)O)C(=O)Nc1cc(Cl)ccc1OC. The Morgan fingerprint density at radius 3 is 2.70 bits per heavy atom. The fourth-order valence-corrected chi connectivity index (χ4v) is 1.83. The van der Waals surface area contributed by atoms with Crippen molar-refractivity contribution in [3.63, 3.8) is 0 Å². The third-order valence-electron chi connectivity index (χ3n) is 2.51. The van der Waals surface area contributed by atoms with Crippen LogP contribution in [0.1, 0.15) is 13.3 Å². The zero-order valence-corrected chi connectivity index (χ0v) is 12.1. The van der Waals surface area contributed by atoms with Gasteiger partial charge in [0.2, 0.25) is 0 Å². The van der Waals surface area contributed by atoms with Gasteiger partial charge in [-0.2, -0.15) is 0 Å². The summed E-state index contributed by atoms with van der Waals surface area (Å²) in [5, 5.41) is 11.9. The lowest BCUT2D eigenvalue weighted by Gasteiger charge is -2.21. The van der Waals surface area contributed by atoms with Crippen molar-refractivity contribution in [1.29, 1.82) is 0 Å². The van der Waals surface area contributed by atoms with Crippen molar-refractivity contribution in [2.75, 3.05) is 25.5 Å². The summed E-state index contributed by atoms with van der Waals surface area (Å²) in [4.78, 5) is 24.0. The molecule has 0 unspecified atom stereocenters. The van der Waals surface area contributed by atoms with E-state index in [1.807, 2.05) is 6.92 Å². The molecule has 0 aliphatic heterocycles. The number of hydrogen-bond acceptors (Lipinski definition) is 3. The molecule has 0 saturated carbocycles. The summed E-state index contributed by atoms with van der Waals surface area (Å²) in [5.41, 5.74) is 0.400. The first-order chi connectivity index (χ1) is 9.47. The van der Waals surface area contributed by atoms with E-state index in [0.29, 0.717) is 29.4 Å². The van der Waals surface area contributed by atoms with Crippen molar-refractivity contribution in [2.45, 2.75) is 13.3 Å². The van der Waals surface area contributed by atoms with Gasteiger partial charge in [-0.3, -0.25) is 4.79 Å². The van der Waals surface area contributed by atoms with Gasteiger partial charge in [-0.05, 0) is 24.6 Å². The summed E-state index contributed by atoms with van der Waals surface area (Å²) >= 11 is 5.87. The molecule has 6 nitrogen and oxygen atoms in total. The maximum atomic E-state index is 12.1. The number of hydrogen-bond donors (Lipinski definition) is 2. The lowest BCUT2D eigenvalue weighted by molar-refractivity contribution is -0.137. The molecule has 2 N–H and O–H groups in total. The highest BCUT2D eigenvalue weighted by molar-refractivity contribution is 6.31. The van der Waals surface area contributed by atoms with E-state index in [9.17, 15) is 9.59 Å². The van der Waals surface area contributed by atoms with Crippen LogP contribution in [-0.4, -0.2) is 42.2 Å². The Labute approximate surface area is 122 Å². The first-order valence-electron chi connectivity index (χ1n) is 6.09. The van der Waals surface area contributed by atoms with Crippen molar-refractivity contribution < 1.29 is 19.4 Å². The Hall–Kier alpha value is -1.95. The number of amides is 2. The number of nitrogens with one attached hydrogen (secondary N) is 1. The second kappa shape index (κ2) is 7.59. The number of anilines is 1. The van der Waals surface area contributed by atoms with Gasteiger partial charge < -0.3 is 20.1 Å². The highest BCUT2D eigenvalue weighted by atomic mass is 35.5. The highest BCUT2D eigenvalue weighted by Crippen LogP contribution is 2.27. The Balaban J connectivity index is 2.86. The molecule has 0 spiro atoms. The van der Waals surface area contributed by atoms with Crippen LogP contribution in [0.25, 0.3) is 0 Å². The molecule has 0 radical (unpaired) electrons. The number of aliphatic carboxylic acids is 1. The maximum Gasteiger partial charge on any atom is 0.323 e. The number of nitrogens with zero attached hydrogens (tertiary/aromatic N) is 1. The summed E-state index contributed by atoms with van der Waals surface area (Å²) in [6.07, 6.45) is 0.660. The van der Waals surface area contributed by atoms with Crippen LogP contribution in [0.4, 0.5) is 10.5 Å². The average molecular weight is 301 g/mol. The quantitative estimate of drug-likeness (QED) is 0.846. The zero-order chi connectivity index (χ0) is 15.1. The van der Waals surface area contributed by atoms with Crippen LogP contribution in [0.3, 0.4) is 0 Å². The number of rotatable bonds is 6. The molecule has 0 fully saturated rings. The van der Waals surface area contributed by atoms with E-state index in [0.717, 1.165) is 0 Å². The predicted molar refractivity (Wildman–Crippen MR) is 76.5 cm³/mol. The van der Waals surface area contributed by atoms with Crippen molar-refractivity contribution in [3.8, 4) is 5.75 Å². The first kappa shape index (κ1) is 16.1. The third-order valence-corrected chi connectivity index (χ3v) is 2.75. The summed E-state index contributed by atoms with van der Waals surface area (Å²) in [7, 11) is 1.47. The standard InChI is InChI=1S/C13H17ClN2O4/c1-3-6-16(8-12(17)18)13(19)15-10-7-9(14)4-5-11(10)20-2/h4-5,7H,3,6,8H2,1-2H3,(H,15,19)(H,17,18). The number of urea groups is 1. The Kier molecular flexibility index (Phi) is 6.11. The van der Waals surface area contributed by atoms with Gasteiger partial charge in [-0.15, -0.1) is 0 Å². The lowest BCUT2D eigenvalue weighted by Crippen LogP contribution is -2.39. The summed E-state index contributed by atoms with van der Waals surface area (Å²) in [6.45, 7) is 1.85. The minimum Gasteiger partial charge on any atom is -0.495 e. The zero-order valence-electron chi connectivity index (χ0n) is 11.4. The molecule has 7 heteroatoms. The number of methoxy groups -OCH3 is 1. The van der Waals surface area contributed by atoms with Crippen LogP contribution in [0.2, 0.25) is 5.02 Å². The van der Waals surface area contributed by atoms with E-state index in [4.69, 9.17) is 21.4 Å². The molecule has 20 heavy (non-hydrogen) atoms. The molecule has 0 aromatic heterocycles.